The maximum Gasteiger partial charge on any atom is 0.108 e. The molecule has 0 aliphatic carbocycles. The van der Waals surface area contributed by atoms with Crippen LogP contribution in [0.2, 0.25) is 0 Å². The third kappa shape index (κ3) is 1.78. The summed E-state index contributed by atoms with van der Waals surface area (Å²) in [7, 11) is 1.98. The number of fused-ring (bicyclic) bond motifs is 1. The van der Waals surface area contributed by atoms with Gasteiger partial charge in [-0.2, -0.15) is 0 Å². The van der Waals surface area contributed by atoms with Crippen LogP contribution in [0.25, 0.3) is 10.9 Å². The Hall–Kier alpha value is -1.55. The van der Waals surface area contributed by atoms with E-state index in [0.29, 0.717) is 0 Å². The van der Waals surface area contributed by atoms with E-state index in [2.05, 4.69) is 50.3 Å². The molecule has 0 aliphatic heterocycles. The highest BCUT2D eigenvalue weighted by Gasteiger charge is 2.09. The van der Waals surface area contributed by atoms with E-state index in [1.54, 1.807) is 0 Å². The van der Waals surface area contributed by atoms with Gasteiger partial charge in [0.05, 0.1) is 12.0 Å². The summed E-state index contributed by atoms with van der Waals surface area (Å²) in [6, 6.07) is 8.33. The fraction of sp³-hybridized carbons (Fsp3) is 0.154. The van der Waals surface area contributed by atoms with Gasteiger partial charge >= 0.3 is 0 Å². The highest BCUT2D eigenvalue weighted by molar-refractivity contribution is 9.10. The summed E-state index contributed by atoms with van der Waals surface area (Å²) in [5.41, 5.74) is 3.52. The van der Waals surface area contributed by atoms with Gasteiger partial charge in [-0.3, -0.25) is 0 Å². The first kappa shape index (κ1) is 10.6. The largest absolute Gasteiger partial charge is 0.361 e. The Labute approximate surface area is 108 Å². The molecule has 2 aromatic heterocycles. The minimum Gasteiger partial charge on any atom is -0.361 e. The van der Waals surface area contributed by atoms with Crippen molar-refractivity contribution < 1.29 is 0 Å². The smallest absolute Gasteiger partial charge is 0.108 e. The van der Waals surface area contributed by atoms with Gasteiger partial charge in [0.1, 0.15) is 4.60 Å². The second kappa shape index (κ2) is 4.04. The van der Waals surface area contributed by atoms with Crippen molar-refractivity contribution in [3.63, 3.8) is 0 Å². The minimum atomic E-state index is 0.839. The molecule has 0 spiro atoms. The van der Waals surface area contributed by atoms with Crippen molar-refractivity contribution in [2.45, 2.75) is 6.42 Å². The van der Waals surface area contributed by atoms with Crippen molar-refractivity contribution in [1.29, 1.82) is 0 Å². The number of aryl methyl sites for hydroxylation is 1. The third-order valence-corrected chi connectivity index (χ3v) is 3.98. The molecule has 0 radical (unpaired) electrons. The summed E-state index contributed by atoms with van der Waals surface area (Å²) in [4.78, 5) is 7.68. The Balaban J connectivity index is 2.03. The summed E-state index contributed by atoms with van der Waals surface area (Å²) >= 11 is 3.55. The second-order valence-corrected chi connectivity index (χ2v) is 4.88. The molecular formula is C13H12BrN3. The molecule has 0 saturated carbocycles. The molecule has 3 rings (SSSR count). The SMILES string of the molecule is Cn1cnc(Cc2c[nH]c3ccccc23)c1Br. The van der Waals surface area contributed by atoms with Crippen LogP contribution >= 0.6 is 15.9 Å². The molecule has 0 saturated heterocycles. The molecule has 1 aromatic carbocycles. The Kier molecular flexibility index (Phi) is 2.52. The Morgan fingerprint density at radius 2 is 2.18 bits per heavy atom. The number of halogens is 1. The number of rotatable bonds is 2. The van der Waals surface area contributed by atoms with Crippen molar-refractivity contribution in [1.82, 2.24) is 14.5 Å². The average Bonchev–Trinajstić information content (AvgIpc) is 2.89. The lowest BCUT2D eigenvalue weighted by Crippen LogP contribution is -1.90. The molecular weight excluding hydrogens is 278 g/mol. The van der Waals surface area contributed by atoms with E-state index >= 15 is 0 Å². The molecule has 1 N–H and O–H groups in total. The van der Waals surface area contributed by atoms with Gasteiger partial charge < -0.3 is 9.55 Å². The number of hydrogen-bond donors (Lipinski definition) is 1. The van der Waals surface area contributed by atoms with Gasteiger partial charge in [-0.15, -0.1) is 0 Å². The molecule has 0 atom stereocenters. The van der Waals surface area contributed by atoms with Crippen LogP contribution < -0.4 is 0 Å². The summed E-state index contributed by atoms with van der Waals surface area (Å²) in [6.45, 7) is 0. The van der Waals surface area contributed by atoms with Gasteiger partial charge in [0.15, 0.2) is 0 Å². The van der Waals surface area contributed by atoms with E-state index < -0.39 is 0 Å². The Bertz CT molecular complexity index is 666. The number of nitrogens with zero attached hydrogens (tertiary/aromatic N) is 2. The normalized spacial score (nSPS) is 11.2. The first-order chi connectivity index (χ1) is 8.25. The van der Waals surface area contributed by atoms with E-state index in [1.165, 1.54) is 16.5 Å². The molecule has 0 aliphatic rings. The average molecular weight is 290 g/mol. The minimum absolute atomic E-state index is 0.839. The number of H-pyrrole nitrogens is 1. The standard InChI is InChI=1S/C13H12BrN3/c1-17-8-16-12(13(17)14)6-9-7-15-11-5-3-2-4-10(9)11/h2-5,7-8,15H,6H2,1H3. The fourth-order valence-corrected chi connectivity index (χ4v) is 2.37. The highest BCUT2D eigenvalue weighted by Crippen LogP contribution is 2.23. The van der Waals surface area contributed by atoms with E-state index in [0.717, 1.165) is 16.7 Å². The van der Waals surface area contributed by atoms with Gasteiger partial charge in [0.2, 0.25) is 0 Å². The zero-order chi connectivity index (χ0) is 11.8. The summed E-state index contributed by atoms with van der Waals surface area (Å²) < 4.78 is 3.02. The maximum absolute atomic E-state index is 4.40. The van der Waals surface area contributed by atoms with Crippen molar-refractivity contribution in [3.05, 3.63) is 52.7 Å². The quantitative estimate of drug-likeness (QED) is 0.772. The van der Waals surface area contributed by atoms with Gasteiger partial charge in [0.25, 0.3) is 0 Å². The predicted molar refractivity (Wildman–Crippen MR) is 72.0 cm³/mol. The lowest BCUT2D eigenvalue weighted by molar-refractivity contribution is 0.887. The second-order valence-electron chi connectivity index (χ2n) is 4.13. The summed E-state index contributed by atoms with van der Waals surface area (Å²) in [6.07, 6.45) is 4.73. The lowest BCUT2D eigenvalue weighted by Gasteiger charge is -1.98. The fourth-order valence-electron chi connectivity index (χ4n) is 2.04. The van der Waals surface area contributed by atoms with Crippen molar-refractivity contribution in [3.8, 4) is 0 Å². The molecule has 4 heteroatoms. The number of hydrogen-bond acceptors (Lipinski definition) is 1. The molecule has 0 fully saturated rings. The van der Waals surface area contributed by atoms with Crippen LogP contribution in [0.15, 0.2) is 41.4 Å². The first-order valence-electron chi connectivity index (χ1n) is 5.46. The van der Waals surface area contributed by atoms with Crippen LogP contribution in [0.4, 0.5) is 0 Å². The van der Waals surface area contributed by atoms with Crippen molar-refractivity contribution in [2.75, 3.05) is 0 Å². The number of benzene rings is 1. The van der Waals surface area contributed by atoms with Crippen molar-refractivity contribution >= 4 is 26.8 Å². The van der Waals surface area contributed by atoms with E-state index in [-0.39, 0.29) is 0 Å². The van der Waals surface area contributed by atoms with E-state index in [1.807, 2.05) is 24.0 Å². The van der Waals surface area contributed by atoms with Crippen molar-refractivity contribution in [2.24, 2.45) is 7.05 Å². The van der Waals surface area contributed by atoms with Crippen LogP contribution in [-0.2, 0) is 13.5 Å². The molecule has 0 unspecified atom stereocenters. The Morgan fingerprint density at radius 1 is 1.35 bits per heavy atom. The van der Waals surface area contributed by atoms with Gasteiger partial charge in [-0.25, -0.2) is 4.98 Å². The molecule has 2 heterocycles. The number of aromatic amines is 1. The molecule has 17 heavy (non-hydrogen) atoms. The van der Waals surface area contributed by atoms with Crippen LogP contribution in [0.5, 0.6) is 0 Å². The predicted octanol–water partition coefficient (Wildman–Crippen LogP) is 3.25. The molecule has 3 aromatic rings. The van der Waals surface area contributed by atoms with Gasteiger partial charge in [-0.1, -0.05) is 18.2 Å². The zero-order valence-electron chi connectivity index (χ0n) is 9.44. The monoisotopic (exact) mass is 289 g/mol. The van der Waals surface area contributed by atoms with Crippen LogP contribution in [0.3, 0.4) is 0 Å². The van der Waals surface area contributed by atoms with Crippen LogP contribution in [0.1, 0.15) is 11.3 Å². The summed E-state index contributed by atoms with van der Waals surface area (Å²) in [5, 5.41) is 1.27. The summed E-state index contributed by atoms with van der Waals surface area (Å²) in [5.74, 6) is 0. The number of imidazole rings is 1. The number of aromatic nitrogens is 3. The molecule has 86 valence electrons. The molecule has 3 nitrogen and oxygen atoms in total. The Morgan fingerprint density at radius 3 is 2.94 bits per heavy atom. The van der Waals surface area contributed by atoms with Crippen LogP contribution in [-0.4, -0.2) is 14.5 Å². The number of nitrogens with one attached hydrogen (secondary N) is 1. The topological polar surface area (TPSA) is 33.6 Å². The van der Waals surface area contributed by atoms with Gasteiger partial charge in [0, 0.05) is 30.6 Å². The van der Waals surface area contributed by atoms with E-state index in [4.69, 9.17) is 0 Å². The van der Waals surface area contributed by atoms with Crippen LogP contribution in [0, 0.1) is 0 Å². The molecule has 0 bridgehead atoms. The van der Waals surface area contributed by atoms with Gasteiger partial charge in [-0.05, 0) is 27.6 Å². The first-order valence-corrected chi connectivity index (χ1v) is 6.25. The number of para-hydroxylation sites is 1. The maximum atomic E-state index is 4.40. The lowest BCUT2D eigenvalue weighted by atomic mass is 10.1. The van der Waals surface area contributed by atoms with E-state index in [9.17, 15) is 0 Å². The zero-order valence-corrected chi connectivity index (χ0v) is 11.0. The molecule has 0 amide bonds. The highest BCUT2D eigenvalue weighted by atomic mass is 79.9. The third-order valence-electron chi connectivity index (χ3n) is 2.97.